The van der Waals surface area contributed by atoms with Crippen LogP contribution in [0, 0.1) is 0 Å². The van der Waals surface area contributed by atoms with Gasteiger partial charge in [0, 0.05) is 27.7 Å². The molecule has 11 aromatic carbocycles. The molecular formula is C62H41NO. The number of fused-ring (bicyclic) bond motifs is 5. The lowest BCUT2D eigenvalue weighted by atomic mass is 9.95. The molecule has 2 heteroatoms. The van der Waals surface area contributed by atoms with Crippen molar-refractivity contribution in [1.82, 2.24) is 0 Å². The van der Waals surface area contributed by atoms with Crippen molar-refractivity contribution in [3.8, 4) is 55.6 Å². The van der Waals surface area contributed by atoms with Crippen molar-refractivity contribution in [2.45, 2.75) is 0 Å². The van der Waals surface area contributed by atoms with Gasteiger partial charge in [0.05, 0.1) is 5.69 Å². The van der Waals surface area contributed by atoms with E-state index in [0.29, 0.717) is 0 Å². The summed E-state index contributed by atoms with van der Waals surface area (Å²) in [6.45, 7) is 0. The molecule has 300 valence electrons. The first-order valence-electron chi connectivity index (χ1n) is 21.9. The summed E-state index contributed by atoms with van der Waals surface area (Å²) in [4.78, 5) is 2.42. The lowest BCUT2D eigenvalue weighted by Crippen LogP contribution is -2.11. The smallest absolute Gasteiger partial charge is 0.136 e. The molecule has 0 atom stereocenters. The molecule has 0 radical (unpaired) electrons. The quantitative estimate of drug-likeness (QED) is 0.152. The summed E-state index contributed by atoms with van der Waals surface area (Å²) in [5.41, 5.74) is 16.6. The molecule has 12 aromatic rings. The maximum Gasteiger partial charge on any atom is 0.136 e. The molecule has 64 heavy (non-hydrogen) atoms. The molecule has 0 aliphatic rings. The number of anilines is 3. The molecule has 1 heterocycles. The molecule has 0 saturated carbocycles. The second kappa shape index (κ2) is 15.8. The molecule has 1 aromatic heterocycles. The van der Waals surface area contributed by atoms with E-state index < -0.39 is 0 Å². The van der Waals surface area contributed by atoms with Crippen molar-refractivity contribution in [2.75, 3.05) is 4.90 Å². The van der Waals surface area contributed by atoms with Crippen LogP contribution in [0.2, 0.25) is 0 Å². The maximum atomic E-state index is 6.36. The van der Waals surface area contributed by atoms with Gasteiger partial charge in [-0.1, -0.05) is 182 Å². The summed E-state index contributed by atoms with van der Waals surface area (Å²) < 4.78 is 6.36. The summed E-state index contributed by atoms with van der Waals surface area (Å²) in [5, 5.41) is 7.20. The predicted octanol–water partition coefficient (Wildman–Crippen LogP) is 17.7. The van der Waals surface area contributed by atoms with Crippen molar-refractivity contribution >= 4 is 60.5 Å². The van der Waals surface area contributed by atoms with Crippen molar-refractivity contribution in [3.63, 3.8) is 0 Å². The monoisotopic (exact) mass is 815 g/mol. The average Bonchev–Trinajstić information content (AvgIpc) is 3.75. The standard InChI is InChI=1S/C62H41NO/c1-2-14-45(15-3-1)57-34-30-53(52-27-25-43-13-5-7-17-47(43)38-52)40-60(57)63(56-21-11-20-50(39-56)54-31-35-59-58-22-8-9-23-61(58)64-62(59)41-54)55-32-28-44(29-33-55)48-18-10-19-49(36-48)51-26-24-42-12-4-6-16-46(42)37-51/h1-41H. The van der Waals surface area contributed by atoms with Gasteiger partial charge in [-0.2, -0.15) is 0 Å². The van der Waals surface area contributed by atoms with Crippen LogP contribution in [-0.2, 0) is 0 Å². The van der Waals surface area contributed by atoms with E-state index in [2.05, 4.69) is 241 Å². The van der Waals surface area contributed by atoms with Gasteiger partial charge in [-0.05, 0) is 138 Å². The van der Waals surface area contributed by atoms with E-state index in [9.17, 15) is 0 Å². The van der Waals surface area contributed by atoms with E-state index in [1.54, 1.807) is 0 Å². The van der Waals surface area contributed by atoms with E-state index in [1.807, 2.05) is 12.1 Å². The van der Waals surface area contributed by atoms with Gasteiger partial charge in [-0.15, -0.1) is 0 Å². The zero-order valence-corrected chi connectivity index (χ0v) is 35.0. The molecular weight excluding hydrogens is 775 g/mol. The van der Waals surface area contributed by atoms with Crippen LogP contribution in [0.15, 0.2) is 253 Å². The van der Waals surface area contributed by atoms with E-state index in [4.69, 9.17) is 4.42 Å². The molecule has 0 aliphatic carbocycles. The first-order valence-corrected chi connectivity index (χ1v) is 21.9. The van der Waals surface area contributed by atoms with Crippen molar-refractivity contribution in [1.29, 1.82) is 0 Å². The van der Waals surface area contributed by atoms with Gasteiger partial charge in [-0.3, -0.25) is 0 Å². The second-order valence-electron chi connectivity index (χ2n) is 16.5. The summed E-state index contributed by atoms with van der Waals surface area (Å²) in [5.74, 6) is 0. The lowest BCUT2D eigenvalue weighted by molar-refractivity contribution is 0.669. The third-order valence-corrected chi connectivity index (χ3v) is 12.6. The predicted molar refractivity (Wildman–Crippen MR) is 271 cm³/mol. The highest BCUT2D eigenvalue weighted by molar-refractivity contribution is 6.06. The fourth-order valence-electron chi connectivity index (χ4n) is 9.33. The highest BCUT2D eigenvalue weighted by Gasteiger charge is 2.20. The molecule has 2 nitrogen and oxygen atoms in total. The molecule has 0 fully saturated rings. The Hall–Kier alpha value is -8.46. The highest BCUT2D eigenvalue weighted by atomic mass is 16.3. The minimum Gasteiger partial charge on any atom is -0.456 e. The summed E-state index contributed by atoms with van der Waals surface area (Å²) in [7, 11) is 0. The third kappa shape index (κ3) is 6.88. The van der Waals surface area contributed by atoms with Crippen LogP contribution in [0.1, 0.15) is 0 Å². The largest absolute Gasteiger partial charge is 0.456 e. The van der Waals surface area contributed by atoms with Crippen LogP contribution in [-0.4, -0.2) is 0 Å². The topological polar surface area (TPSA) is 16.4 Å². The van der Waals surface area contributed by atoms with E-state index in [-0.39, 0.29) is 0 Å². The Kier molecular flexibility index (Phi) is 9.20. The molecule has 0 N–H and O–H groups in total. The Morgan fingerprint density at radius 1 is 0.250 bits per heavy atom. The Balaban J connectivity index is 1.01. The highest BCUT2D eigenvalue weighted by Crippen LogP contribution is 2.45. The van der Waals surface area contributed by atoms with E-state index in [0.717, 1.165) is 72.4 Å². The lowest BCUT2D eigenvalue weighted by Gasteiger charge is -2.29. The number of benzene rings is 11. The molecule has 0 bridgehead atoms. The zero-order chi connectivity index (χ0) is 42.4. The Labute approximate surface area is 372 Å². The van der Waals surface area contributed by atoms with E-state index >= 15 is 0 Å². The summed E-state index contributed by atoms with van der Waals surface area (Å²) in [6, 6.07) is 89.9. The molecule has 0 aliphatic heterocycles. The normalized spacial score (nSPS) is 11.4. The Morgan fingerprint density at radius 2 is 0.750 bits per heavy atom. The fraction of sp³-hybridized carbons (Fsp3) is 0. The first kappa shape index (κ1) is 37.3. The molecule has 0 saturated heterocycles. The minimum atomic E-state index is 0.885. The number of hydrogen-bond donors (Lipinski definition) is 0. The fourth-order valence-corrected chi connectivity index (χ4v) is 9.33. The number of furan rings is 1. The van der Waals surface area contributed by atoms with Crippen molar-refractivity contribution in [2.24, 2.45) is 0 Å². The van der Waals surface area contributed by atoms with Gasteiger partial charge in [0.25, 0.3) is 0 Å². The first-order chi connectivity index (χ1) is 31.7. The number of para-hydroxylation sites is 1. The average molecular weight is 816 g/mol. The molecule has 12 rings (SSSR count). The van der Waals surface area contributed by atoms with Gasteiger partial charge >= 0.3 is 0 Å². The number of rotatable bonds is 8. The SMILES string of the molecule is c1ccc(-c2ccc(-c3ccc4ccccc4c3)cc2N(c2ccc(-c3cccc(-c4ccc5ccccc5c4)c3)cc2)c2cccc(-c3ccc4c(c3)oc3ccccc34)c2)cc1. The molecule has 0 amide bonds. The third-order valence-electron chi connectivity index (χ3n) is 12.6. The Bertz CT molecular complexity index is 3670. The van der Waals surface area contributed by atoms with Crippen LogP contribution in [0.3, 0.4) is 0 Å². The zero-order valence-electron chi connectivity index (χ0n) is 35.0. The van der Waals surface area contributed by atoms with Crippen LogP contribution in [0.5, 0.6) is 0 Å². The van der Waals surface area contributed by atoms with Gasteiger partial charge in [0.2, 0.25) is 0 Å². The molecule has 0 spiro atoms. The van der Waals surface area contributed by atoms with E-state index in [1.165, 1.54) is 43.8 Å². The van der Waals surface area contributed by atoms with Gasteiger partial charge in [0.15, 0.2) is 0 Å². The van der Waals surface area contributed by atoms with Gasteiger partial charge in [0.1, 0.15) is 11.2 Å². The summed E-state index contributed by atoms with van der Waals surface area (Å²) >= 11 is 0. The Morgan fingerprint density at radius 3 is 1.48 bits per heavy atom. The molecule has 0 unspecified atom stereocenters. The number of hydrogen-bond acceptors (Lipinski definition) is 2. The van der Waals surface area contributed by atoms with Crippen LogP contribution >= 0.6 is 0 Å². The van der Waals surface area contributed by atoms with Crippen molar-refractivity contribution in [3.05, 3.63) is 249 Å². The van der Waals surface area contributed by atoms with Gasteiger partial charge < -0.3 is 9.32 Å². The minimum absolute atomic E-state index is 0.885. The van der Waals surface area contributed by atoms with Crippen LogP contribution in [0.25, 0.3) is 99.1 Å². The van der Waals surface area contributed by atoms with Crippen molar-refractivity contribution < 1.29 is 4.42 Å². The van der Waals surface area contributed by atoms with Gasteiger partial charge in [-0.25, -0.2) is 0 Å². The van der Waals surface area contributed by atoms with Crippen LogP contribution in [0.4, 0.5) is 17.1 Å². The maximum absolute atomic E-state index is 6.36. The number of nitrogens with zero attached hydrogens (tertiary/aromatic N) is 1. The second-order valence-corrected chi connectivity index (χ2v) is 16.5. The summed E-state index contributed by atoms with van der Waals surface area (Å²) in [6.07, 6.45) is 0. The van der Waals surface area contributed by atoms with Crippen LogP contribution < -0.4 is 4.90 Å².